The maximum absolute atomic E-state index is 14.4. The molecular formula is C46H67N9O10. The molecule has 2 heterocycles. The molecule has 2 aromatic carbocycles. The third-order valence-electron chi connectivity index (χ3n) is 11.9. The van der Waals surface area contributed by atoms with Crippen molar-refractivity contribution in [2.75, 3.05) is 26.7 Å². The Morgan fingerprint density at radius 2 is 1.57 bits per heavy atom. The van der Waals surface area contributed by atoms with Crippen LogP contribution in [0.25, 0.3) is 11.1 Å². The summed E-state index contributed by atoms with van der Waals surface area (Å²) in [6.45, 7) is 5.62. The number of likely N-dealkylation sites (tertiary alicyclic amines) is 1. The average molecular weight is 906 g/mol. The van der Waals surface area contributed by atoms with E-state index in [4.69, 9.17) is 11.5 Å². The van der Waals surface area contributed by atoms with E-state index < -0.39 is 77.6 Å². The summed E-state index contributed by atoms with van der Waals surface area (Å²) < 4.78 is 0. The van der Waals surface area contributed by atoms with Crippen molar-refractivity contribution < 1.29 is 48.6 Å². The topological polar surface area (TPSA) is 296 Å². The summed E-state index contributed by atoms with van der Waals surface area (Å²) in [7, 11) is 1.37. The molecule has 2 aliphatic rings. The smallest absolute Gasteiger partial charge is 0.248 e. The number of hydrogen-bond acceptors (Lipinski definition) is 11. The molecule has 1 fully saturated rings. The standard InChI is InChI=1S/C46H67N9O10/c1-5-6-7-8-9-15-38(58)49-22-20-39(59)52-33(13-10-11-21-47)46(65)54(4)40-30-17-19-37(57)32(26-30)31-24-29(16-18-36(31)56)25-34(53-42(61)27(2)50-44(40)63)43(62)51-28(3)45(64)55-23-12-14-35(55)41(48)60/h16-19,24,26-28,33-35,40,56-57H,5-15,20-23,25,47H2,1-4H3,(H2,48,60)(H,49,58)(H,50,63)(H,51,62)(H,52,59)(H,53,61)/t27-,28-,33-,34-,35-,40-/m0/s1. The Labute approximate surface area is 380 Å². The van der Waals surface area contributed by atoms with Gasteiger partial charge in [0.1, 0.15) is 47.8 Å². The molecule has 0 aromatic heterocycles. The highest BCUT2D eigenvalue weighted by atomic mass is 16.3. The molecule has 0 aliphatic carbocycles. The Kier molecular flexibility index (Phi) is 19.5. The number of fused-ring (bicyclic) bond motifs is 5. The molecule has 2 aromatic rings. The Balaban J connectivity index is 1.61. The van der Waals surface area contributed by atoms with Crippen LogP contribution in [0.2, 0.25) is 0 Å². The van der Waals surface area contributed by atoms with Gasteiger partial charge in [0.2, 0.25) is 47.3 Å². The molecule has 19 heteroatoms. The van der Waals surface area contributed by atoms with E-state index in [0.29, 0.717) is 44.2 Å². The van der Waals surface area contributed by atoms with E-state index in [0.717, 1.165) is 37.0 Å². The Morgan fingerprint density at radius 3 is 2.26 bits per heavy atom. The van der Waals surface area contributed by atoms with Crippen molar-refractivity contribution in [3.63, 3.8) is 0 Å². The number of likely N-dealkylation sites (N-methyl/N-ethyl adjacent to an activating group) is 1. The van der Waals surface area contributed by atoms with Gasteiger partial charge in [0.25, 0.3) is 0 Å². The van der Waals surface area contributed by atoms with E-state index in [-0.39, 0.29) is 66.4 Å². The molecule has 0 saturated carbocycles. The number of phenolic OH excluding ortho intramolecular Hbond substituents is 2. The number of amides is 8. The van der Waals surface area contributed by atoms with Crippen molar-refractivity contribution in [3.05, 3.63) is 47.5 Å². The number of carbonyl (C=O) groups is 8. The summed E-state index contributed by atoms with van der Waals surface area (Å²) in [5.41, 5.74) is 12.1. The van der Waals surface area contributed by atoms with Gasteiger partial charge in [-0.05, 0) is 94.3 Å². The first-order valence-corrected chi connectivity index (χ1v) is 22.7. The number of carbonyl (C=O) groups excluding carboxylic acids is 8. The van der Waals surface area contributed by atoms with E-state index in [1.807, 2.05) is 0 Å². The fraction of sp³-hybridized carbons (Fsp3) is 0.565. The van der Waals surface area contributed by atoms with E-state index in [1.165, 1.54) is 62.2 Å². The van der Waals surface area contributed by atoms with E-state index in [9.17, 15) is 48.6 Å². The number of aromatic hydroxyl groups is 2. The molecule has 0 spiro atoms. The summed E-state index contributed by atoms with van der Waals surface area (Å²) in [6, 6.07) is 1.41. The van der Waals surface area contributed by atoms with E-state index in [1.54, 1.807) is 0 Å². The van der Waals surface area contributed by atoms with Gasteiger partial charge in [-0.25, -0.2) is 0 Å². The minimum atomic E-state index is -1.46. The lowest BCUT2D eigenvalue weighted by Crippen LogP contribution is -2.58. The van der Waals surface area contributed by atoms with Crippen LogP contribution in [0.1, 0.15) is 115 Å². The number of phenols is 2. The summed E-state index contributed by atoms with van der Waals surface area (Å²) in [5, 5.41) is 35.7. The molecule has 8 amide bonds. The van der Waals surface area contributed by atoms with Crippen LogP contribution in [0.5, 0.6) is 11.5 Å². The molecule has 19 nitrogen and oxygen atoms in total. The molecule has 0 radical (unpaired) electrons. The predicted molar refractivity (Wildman–Crippen MR) is 241 cm³/mol. The van der Waals surface area contributed by atoms with Gasteiger partial charge in [-0.2, -0.15) is 0 Å². The Bertz CT molecular complexity index is 2050. The van der Waals surface area contributed by atoms with Crippen LogP contribution in [-0.4, -0.2) is 124 Å². The van der Waals surface area contributed by atoms with Crippen molar-refractivity contribution >= 4 is 47.3 Å². The number of rotatable bonds is 20. The Hall–Kier alpha value is -6.24. The minimum absolute atomic E-state index is 0.0597. The van der Waals surface area contributed by atoms with Gasteiger partial charge in [-0.1, -0.05) is 44.7 Å². The quantitative estimate of drug-likeness (QED) is 0.0853. The SMILES string of the molecule is CCCCCCCC(=O)NCCC(=O)N[C@@H](CCCCN)C(=O)N(C)[C@@H]1C(=O)N[C@@H](C)C(=O)N[C@H](C(=O)N[C@@H](C)C(=O)N2CCC[C@H]2C(N)=O)Cc2ccc(O)c(c2)-c2cc1ccc2O. The van der Waals surface area contributed by atoms with Gasteiger partial charge in [-0.3, -0.25) is 38.4 Å². The van der Waals surface area contributed by atoms with Crippen LogP contribution in [0.4, 0.5) is 0 Å². The van der Waals surface area contributed by atoms with E-state index >= 15 is 0 Å². The van der Waals surface area contributed by atoms with Crippen molar-refractivity contribution in [2.45, 2.75) is 140 Å². The molecule has 65 heavy (non-hydrogen) atoms. The van der Waals surface area contributed by atoms with Crippen molar-refractivity contribution in [2.24, 2.45) is 11.5 Å². The van der Waals surface area contributed by atoms with Crippen LogP contribution in [-0.2, 0) is 44.8 Å². The number of nitrogens with zero attached hydrogens (tertiary/aromatic N) is 2. The normalized spacial score (nSPS) is 19.4. The fourth-order valence-corrected chi connectivity index (χ4v) is 8.15. The number of primary amides is 1. The monoisotopic (exact) mass is 906 g/mol. The zero-order valence-corrected chi connectivity index (χ0v) is 38.0. The first kappa shape index (κ1) is 51.4. The van der Waals surface area contributed by atoms with Crippen LogP contribution in [0, 0.1) is 0 Å². The summed E-state index contributed by atoms with van der Waals surface area (Å²) in [4.78, 5) is 110. The minimum Gasteiger partial charge on any atom is -0.507 e. The number of benzene rings is 2. The zero-order valence-electron chi connectivity index (χ0n) is 38.0. The molecule has 2 aliphatic heterocycles. The van der Waals surface area contributed by atoms with Gasteiger partial charge < -0.3 is 58.1 Å². The third kappa shape index (κ3) is 14.4. The van der Waals surface area contributed by atoms with Crippen molar-refractivity contribution in [3.8, 4) is 22.6 Å². The lowest BCUT2D eigenvalue weighted by Gasteiger charge is -2.32. The second kappa shape index (κ2) is 24.7. The van der Waals surface area contributed by atoms with Crippen molar-refractivity contribution in [1.29, 1.82) is 0 Å². The lowest BCUT2D eigenvalue weighted by atomic mass is 9.93. The maximum atomic E-state index is 14.4. The number of unbranched alkanes of at least 4 members (excludes halogenated alkanes) is 5. The fourth-order valence-electron chi connectivity index (χ4n) is 8.15. The molecule has 1 saturated heterocycles. The highest BCUT2D eigenvalue weighted by Gasteiger charge is 2.38. The molecule has 4 rings (SSSR count). The second-order valence-electron chi connectivity index (χ2n) is 17.0. The first-order valence-electron chi connectivity index (χ1n) is 22.7. The highest BCUT2D eigenvalue weighted by molar-refractivity contribution is 5.97. The molecule has 4 bridgehead atoms. The molecule has 6 atom stereocenters. The molecule has 356 valence electrons. The summed E-state index contributed by atoms with van der Waals surface area (Å²) in [6.07, 6.45) is 7.15. The molecular weight excluding hydrogens is 839 g/mol. The summed E-state index contributed by atoms with van der Waals surface area (Å²) >= 11 is 0. The summed E-state index contributed by atoms with van der Waals surface area (Å²) in [5.74, 6) is -5.43. The molecule has 0 unspecified atom stereocenters. The van der Waals surface area contributed by atoms with Gasteiger partial charge in [-0.15, -0.1) is 0 Å². The zero-order chi connectivity index (χ0) is 47.8. The van der Waals surface area contributed by atoms with E-state index in [2.05, 4.69) is 33.5 Å². The van der Waals surface area contributed by atoms with Crippen LogP contribution in [0.3, 0.4) is 0 Å². The van der Waals surface area contributed by atoms with Crippen molar-refractivity contribution in [1.82, 2.24) is 36.4 Å². The number of hydrogen-bond donors (Lipinski definition) is 9. The first-order chi connectivity index (χ1) is 31.0. The van der Waals surface area contributed by atoms with Gasteiger partial charge >= 0.3 is 0 Å². The average Bonchev–Trinajstić information content (AvgIpc) is 3.77. The van der Waals surface area contributed by atoms with Crippen LogP contribution < -0.4 is 38.1 Å². The second-order valence-corrected chi connectivity index (χ2v) is 17.0. The lowest BCUT2D eigenvalue weighted by molar-refractivity contribution is -0.143. The largest absolute Gasteiger partial charge is 0.507 e. The highest BCUT2D eigenvalue weighted by Crippen LogP contribution is 2.39. The van der Waals surface area contributed by atoms with Gasteiger partial charge in [0, 0.05) is 50.5 Å². The number of nitrogens with one attached hydrogen (secondary N) is 5. The van der Waals surface area contributed by atoms with Gasteiger partial charge in [0.05, 0.1) is 0 Å². The molecule has 11 N–H and O–H groups in total. The Morgan fingerprint density at radius 1 is 0.877 bits per heavy atom. The van der Waals surface area contributed by atoms with Crippen LogP contribution >= 0.6 is 0 Å². The third-order valence-corrected chi connectivity index (χ3v) is 11.9. The van der Waals surface area contributed by atoms with Crippen LogP contribution in [0.15, 0.2) is 36.4 Å². The number of nitrogens with two attached hydrogens (primary N) is 2. The van der Waals surface area contributed by atoms with Gasteiger partial charge in [0.15, 0.2) is 0 Å². The predicted octanol–water partition coefficient (Wildman–Crippen LogP) is 1.27. The maximum Gasteiger partial charge on any atom is 0.248 e.